The fourth-order valence-electron chi connectivity index (χ4n) is 5.55. The van der Waals surface area contributed by atoms with Crippen LogP contribution in [0.4, 0.5) is 22.1 Å². The number of aromatic nitrogens is 4. The van der Waals surface area contributed by atoms with Crippen molar-refractivity contribution in [2.75, 3.05) is 36.1 Å². The number of carbonyl (C=O) groups excluding carboxylic acids is 1. The number of carbonyl (C=O) groups is 1. The molecule has 2 amide bonds. The third-order valence-electron chi connectivity index (χ3n) is 8.18. The van der Waals surface area contributed by atoms with Crippen LogP contribution in [0, 0.1) is 6.92 Å². The van der Waals surface area contributed by atoms with Crippen LogP contribution in [-0.2, 0) is 5.41 Å². The number of nitrogens with zero attached hydrogens (tertiary/aromatic N) is 5. The lowest BCUT2D eigenvalue weighted by Crippen LogP contribution is -2.36. The summed E-state index contributed by atoms with van der Waals surface area (Å²) in [6, 6.07) is 22.2. The van der Waals surface area contributed by atoms with Crippen molar-refractivity contribution < 1.29 is 4.79 Å². The van der Waals surface area contributed by atoms with E-state index in [2.05, 4.69) is 71.9 Å². The second-order valence-corrected chi connectivity index (χ2v) is 12.7. The molecule has 0 unspecified atom stereocenters. The number of benzene rings is 2. The highest BCUT2D eigenvalue weighted by Crippen LogP contribution is 2.34. The molecule has 3 aromatic heterocycles. The second kappa shape index (κ2) is 12.1. The zero-order valence-corrected chi connectivity index (χ0v) is 26.1. The lowest BCUT2D eigenvalue weighted by Gasteiger charge is -2.29. The summed E-state index contributed by atoms with van der Waals surface area (Å²) < 4.78 is 1.73. The Kier molecular flexibility index (Phi) is 8.05. The molecule has 5 aromatic rings. The third-order valence-corrected chi connectivity index (χ3v) is 8.18. The van der Waals surface area contributed by atoms with E-state index in [1.165, 1.54) is 0 Å². The van der Waals surface area contributed by atoms with Gasteiger partial charge in [0.25, 0.3) is 0 Å². The summed E-state index contributed by atoms with van der Waals surface area (Å²) in [5.74, 6) is 1.47. The maximum atomic E-state index is 13.4. The molecule has 1 aliphatic heterocycles. The monoisotopic (exact) mass is 588 g/mol. The van der Waals surface area contributed by atoms with E-state index in [1.54, 1.807) is 10.9 Å². The maximum absolute atomic E-state index is 13.4. The van der Waals surface area contributed by atoms with E-state index >= 15 is 0 Å². The van der Waals surface area contributed by atoms with Crippen molar-refractivity contribution in [1.29, 1.82) is 0 Å². The number of aryl methyl sites for hydroxylation is 1. The summed E-state index contributed by atoms with van der Waals surface area (Å²) in [4.78, 5) is 24.9. The van der Waals surface area contributed by atoms with E-state index in [0.29, 0.717) is 11.9 Å². The Labute approximate surface area is 258 Å². The summed E-state index contributed by atoms with van der Waals surface area (Å²) in [6.07, 6.45) is 5.93. The molecule has 6 rings (SSSR count). The average molecular weight is 589 g/mol. The highest BCUT2D eigenvalue weighted by Gasteiger charge is 2.22. The molecule has 0 atom stereocenters. The van der Waals surface area contributed by atoms with Gasteiger partial charge in [0.15, 0.2) is 0 Å². The number of amides is 2. The van der Waals surface area contributed by atoms with Crippen LogP contribution in [-0.4, -0.2) is 56.9 Å². The Morgan fingerprint density at radius 2 is 1.66 bits per heavy atom. The number of fused-ring (bicyclic) bond motifs is 1. The number of anilines is 3. The summed E-state index contributed by atoms with van der Waals surface area (Å²) >= 11 is 0. The van der Waals surface area contributed by atoms with Gasteiger partial charge < -0.3 is 15.5 Å². The van der Waals surface area contributed by atoms with Crippen LogP contribution in [0.3, 0.4) is 0 Å². The standard InChI is InChI=1S/C35H40N8O/c1-23-10-12-26(22-36-23)43-33(20-31(41-43)35(2,3)4)40-34(44)39-30-14-13-27(28-8-6-7-9-29(28)30)24-11-15-32(37-21-24)38-25-16-18-42(5)19-17-25/h6-15,20-22,25H,16-19H2,1-5H3,(H,37,38)(H2,39,40,44). The van der Waals surface area contributed by atoms with Gasteiger partial charge in [0, 0.05) is 40.4 Å². The van der Waals surface area contributed by atoms with Crippen LogP contribution >= 0.6 is 0 Å². The molecule has 0 spiro atoms. The number of rotatable bonds is 6. The predicted octanol–water partition coefficient (Wildman–Crippen LogP) is 7.24. The minimum absolute atomic E-state index is 0.196. The van der Waals surface area contributed by atoms with E-state index < -0.39 is 0 Å². The maximum Gasteiger partial charge on any atom is 0.324 e. The molecule has 4 heterocycles. The second-order valence-electron chi connectivity index (χ2n) is 12.7. The Bertz CT molecular complexity index is 1760. The number of hydrogen-bond donors (Lipinski definition) is 3. The van der Waals surface area contributed by atoms with Gasteiger partial charge in [-0.3, -0.25) is 10.3 Å². The summed E-state index contributed by atoms with van der Waals surface area (Å²) in [5, 5.41) is 16.5. The normalized spacial score (nSPS) is 14.5. The molecule has 0 saturated carbocycles. The van der Waals surface area contributed by atoms with Crippen LogP contribution in [0.5, 0.6) is 0 Å². The first-order valence-electron chi connectivity index (χ1n) is 15.2. The Morgan fingerprint density at radius 1 is 0.886 bits per heavy atom. The molecule has 226 valence electrons. The first-order valence-corrected chi connectivity index (χ1v) is 15.2. The molecule has 9 nitrogen and oxygen atoms in total. The number of urea groups is 1. The van der Waals surface area contributed by atoms with Gasteiger partial charge in [0.1, 0.15) is 11.6 Å². The molecule has 44 heavy (non-hydrogen) atoms. The number of nitrogens with one attached hydrogen (secondary N) is 3. The fourth-order valence-corrected chi connectivity index (χ4v) is 5.55. The number of hydrogen-bond acceptors (Lipinski definition) is 6. The Morgan fingerprint density at radius 3 is 2.34 bits per heavy atom. The number of piperidine rings is 1. The number of likely N-dealkylation sites (tertiary alicyclic amines) is 1. The Hall–Kier alpha value is -4.76. The molecule has 3 N–H and O–H groups in total. The van der Waals surface area contributed by atoms with E-state index in [1.807, 2.05) is 61.7 Å². The lowest BCUT2D eigenvalue weighted by molar-refractivity contribution is 0.262. The number of pyridine rings is 2. The van der Waals surface area contributed by atoms with Gasteiger partial charge in [-0.05, 0) is 81.2 Å². The van der Waals surface area contributed by atoms with Crippen LogP contribution in [0.2, 0.25) is 0 Å². The molecular weight excluding hydrogens is 548 g/mol. The van der Waals surface area contributed by atoms with Gasteiger partial charge in [-0.15, -0.1) is 0 Å². The molecule has 1 aliphatic rings. The lowest BCUT2D eigenvalue weighted by atomic mass is 9.92. The smallest absolute Gasteiger partial charge is 0.324 e. The quantitative estimate of drug-likeness (QED) is 0.193. The minimum Gasteiger partial charge on any atom is -0.367 e. The summed E-state index contributed by atoms with van der Waals surface area (Å²) in [5.41, 5.74) is 5.16. The molecule has 0 bridgehead atoms. The topological polar surface area (TPSA) is 100 Å². The first-order chi connectivity index (χ1) is 21.1. The highest BCUT2D eigenvalue weighted by atomic mass is 16.2. The van der Waals surface area contributed by atoms with Crippen LogP contribution < -0.4 is 16.0 Å². The van der Waals surface area contributed by atoms with Crippen molar-refractivity contribution in [3.8, 4) is 16.8 Å². The van der Waals surface area contributed by atoms with Crippen molar-refractivity contribution in [2.45, 2.75) is 52.0 Å². The largest absolute Gasteiger partial charge is 0.367 e. The van der Waals surface area contributed by atoms with Gasteiger partial charge in [-0.2, -0.15) is 5.10 Å². The van der Waals surface area contributed by atoms with Gasteiger partial charge in [0.2, 0.25) is 0 Å². The minimum atomic E-state index is -0.351. The van der Waals surface area contributed by atoms with E-state index in [0.717, 1.165) is 76.4 Å². The predicted molar refractivity (Wildman–Crippen MR) is 179 cm³/mol. The van der Waals surface area contributed by atoms with Crippen LogP contribution in [0.1, 0.15) is 45.0 Å². The fraction of sp³-hybridized carbons (Fsp3) is 0.314. The van der Waals surface area contributed by atoms with Crippen LogP contribution in [0.15, 0.2) is 79.1 Å². The molecule has 0 aliphatic carbocycles. The van der Waals surface area contributed by atoms with E-state index in [9.17, 15) is 4.79 Å². The van der Waals surface area contributed by atoms with Crippen LogP contribution in [0.25, 0.3) is 27.6 Å². The third kappa shape index (κ3) is 6.43. The molecule has 2 aromatic carbocycles. The van der Waals surface area contributed by atoms with Crippen molar-refractivity contribution in [3.63, 3.8) is 0 Å². The first kappa shape index (κ1) is 29.3. The summed E-state index contributed by atoms with van der Waals surface area (Å²) in [7, 11) is 2.17. The Balaban J connectivity index is 1.22. The highest BCUT2D eigenvalue weighted by molar-refractivity contribution is 6.09. The molecule has 1 fully saturated rings. The van der Waals surface area contributed by atoms with Gasteiger partial charge >= 0.3 is 6.03 Å². The molecule has 9 heteroatoms. The zero-order chi connectivity index (χ0) is 30.8. The van der Waals surface area contributed by atoms with Gasteiger partial charge in [0.05, 0.1) is 23.3 Å². The molecule has 0 radical (unpaired) electrons. The van der Waals surface area contributed by atoms with E-state index in [4.69, 9.17) is 10.1 Å². The molecular formula is C35H40N8O. The van der Waals surface area contributed by atoms with Gasteiger partial charge in [-0.25, -0.2) is 14.5 Å². The zero-order valence-electron chi connectivity index (χ0n) is 26.1. The SMILES string of the molecule is Cc1ccc(-n2nc(C(C)(C)C)cc2NC(=O)Nc2ccc(-c3ccc(NC4CCN(C)CC4)nc3)c3ccccc23)cn1. The average Bonchev–Trinajstić information content (AvgIpc) is 3.44. The van der Waals surface area contributed by atoms with Crippen molar-refractivity contribution >= 4 is 34.1 Å². The van der Waals surface area contributed by atoms with Crippen molar-refractivity contribution in [1.82, 2.24) is 24.6 Å². The molecule has 1 saturated heterocycles. The van der Waals surface area contributed by atoms with E-state index in [-0.39, 0.29) is 11.4 Å². The summed E-state index contributed by atoms with van der Waals surface area (Å²) in [6.45, 7) is 10.4. The van der Waals surface area contributed by atoms with Crippen molar-refractivity contribution in [3.05, 3.63) is 90.5 Å². The van der Waals surface area contributed by atoms with Crippen molar-refractivity contribution in [2.24, 2.45) is 0 Å². The van der Waals surface area contributed by atoms with Gasteiger partial charge in [-0.1, -0.05) is 51.1 Å².